The predicted molar refractivity (Wildman–Crippen MR) is 68.6 cm³/mol. The standard InChI is InChI=1S/C15H14/c1-3-12-10-14-8-6-5-7-9-15(14)11-13(12)4-2/h3-6,8-11H,1-2,7H2. The minimum Gasteiger partial charge on any atom is -0.0984 e. The fraction of sp³-hybridized carbons (Fsp3) is 0.0667. The topological polar surface area (TPSA) is 0 Å². The molecular weight excluding hydrogens is 180 g/mol. The molecule has 0 spiro atoms. The lowest BCUT2D eigenvalue weighted by molar-refractivity contribution is 1.43. The second kappa shape index (κ2) is 4.14. The molecule has 1 aromatic rings. The second-order valence-corrected chi connectivity index (χ2v) is 3.55. The largest absolute Gasteiger partial charge is 0.0984 e. The van der Waals surface area contributed by atoms with Gasteiger partial charge in [-0.05, 0) is 40.1 Å². The molecule has 0 bridgehead atoms. The third kappa shape index (κ3) is 1.84. The maximum atomic E-state index is 3.82. The maximum absolute atomic E-state index is 3.82. The second-order valence-electron chi connectivity index (χ2n) is 3.55. The SMILES string of the molecule is C=Cc1cc2c(cc1C=C)=CCC=CC=2. The number of fused-ring (bicyclic) bond motifs is 1. The number of allylic oxidation sites excluding steroid dienone is 2. The quantitative estimate of drug-likeness (QED) is 0.678. The molecule has 0 N–H and O–H groups in total. The van der Waals surface area contributed by atoms with Crippen molar-refractivity contribution in [2.75, 3.05) is 0 Å². The molecule has 0 saturated carbocycles. The van der Waals surface area contributed by atoms with Crippen LogP contribution >= 0.6 is 0 Å². The summed E-state index contributed by atoms with van der Waals surface area (Å²) in [6, 6.07) is 4.33. The Balaban J connectivity index is 2.81. The first-order valence-corrected chi connectivity index (χ1v) is 5.11. The summed E-state index contributed by atoms with van der Waals surface area (Å²) in [5.41, 5.74) is 2.29. The molecular formula is C15H14. The highest BCUT2D eigenvalue weighted by atomic mass is 14.0. The highest BCUT2D eigenvalue weighted by Crippen LogP contribution is 2.07. The number of hydrogen-bond acceptors (Lipinski definition) is 0. The van der Waals surface area contributed by atoms with Crippen molar-refractivity contribution < 1.29 is 0 Å². The average Bonchev–Trinajstić information content (AvgIpc) is 2.51. The van der Waals surface area contributed by atoms with Crippen LogP contribution in [-0.4, -0.2) is 0 Å². The molecule has 2 rings (SSSR count). The van der Waals surface area contributed by atoms with Crippen molar-refractivity contribution in [3.63, 3.8) is 0 Å². The Morgan fingerprint density at radius 3 is 2.33 bits per heavy atom. The Morgan fingerprint density at radius 1 is 1.00 bits per heavy atom. The van der Waals surface area contributed by atoms with E-state index in [2.05, 4.69) is 49.6 Å². The van der Waals surface area contributed by atoms with Crippen molar-refractivity contribution in [2.45, 2.75) is 6.42 Å². The first kappa shape index (κ1) is 9.72. The fourth-order valence-corrected chi connectivity index (χ4v) is 1.79. The lowest BCUT2D eigenvalue weighted by Crippen LogP contribution is -2.24. The van der Waals surface area contributed by atoms with E-state index in [0.717, 1.165) is 17.5 Å². The smallest absolute Gasteiger partial charge is 0.0157 e. The van der Waals surface area contributed by atoms with Crippen LogP contribution in [0.5, 0.6) is 0 Å². The number of rotatable bonds is 2. The van der Waals surface area contributed by atoms with Gasteiger partial charge in [0.15, 0.2) is 0 Å². The Bertz CT molecular complexity index is 542. The average molecular weight is 194 g/mol. The maximum Gasteiger partial charge on any atom is -0.0157 e. The van der Waals surface area contributed by atoms with Crippen LogP contribution in [0.4, 0.5) is 0 Å². The van der Waals surface area contributed by atoms with E-state index in [1.54, 1.807) is 0 Å². The van der Waals surface area contributed by atoms with Gasteiger partial charge in [0.05, 0.1) is 0 Å². The Morgan fingerprint density at radius 2 is 1.67 bits per heavy atom. The molecule has 0 fully saturated rings. The molecule has 0 amide bonds. The third-order valence-electron chi connectivity index (χ3n) is 2.61. The van der Waals surface area contributed by atoms with Crippen molar-refractivity contribution >= 4 is 24.3 Å². The van der Waals surface area contributed by atoms with E-state index in [4.69, 9.17) is 0 Å². The van der Waals surface area contributed by atoms with Crippen molar-refractivity contribution in [1.29, 1.82) is 0 Å². The third-order valence-corrected chi connectivity index (χ3v) is 2.61. The molecule has 0 unspecified atom stereocenters. The predicted octanol–water partition coefficient (Wildman–Crippen LogP) is 2.49. The minimum atomic E-state index is 0.994. The summed E-state index contributed by atoms with van der Waals surface area (Å²) in [7, 11) is 0. The summed E-state index contributed by atoms with van der Waals surface area (Å²) >= 11 is 0. The summed E-state index contributed by atoms with van der Waals surface area (Å²) < 4.78 is 0. The first-order chi connectivity index (χ1) is 7.35. The molecule has 0 heteroatoms. The molecule has 0 heterocycles. The zero-order chi connectivity index (χ0) is 10.7. The van der Waals surface area contributed by atoms with Crippen LogP contribution in [0.2, 0.25) is 0 Å². The highest BCUT2D eigenvalue weighted by Gasteiger charge is 1.97. The normalized spacial score (nSPS) is 13.1. The Hall–Kier alpha value is -1.82. The van der Waals surface area contributed by atoms with Crippen molar-refractivity contribution in [3.05, 3.63) is 59.0 Å². The van der Waals surface area contributed by atoms with E-state index in [1.807, 2.05) is 12.2 Å². The van der Waals surface area contributed by atoms with E-state index in [1.165, 1.54) is 10.4 Å². The van der Waals surface area contributed by atoms with Gasteiger partial charge in [0.25, 0.3) is 0 Å². The van der Waals surface area contributed by atoms with Gasteiger partial charge < -0.3 is 0 Å². The Kier molecular flexibility index (Phi) is 2.68. The summed E-state index contributed by atoms with van der Waals surface area (Å²) in [4.78, 5) is 0. The van der Waals surface area contributed by atoms with Gasteiger partial charge in [-0.3, -0.25) is 0 Å². The van der Waals surface area contributed by atoms with Gasteiger partial charge in [0.2, 0.25) is 0 Å². The van der Waals surface area contributed by atoms with Crippen molar-refractivity contribution in [2.24, 2.45) is 0 Å². The van der Waals surface area contributed by atoms with Crippen LogP contribution in [0.15, 0.2) is 37.4 Å². The zero-order valence-corrected chi connectivity index (χ0v) is 8.74. The van der Waals surface area contributed by atoms with Crippen LogP contribution in [0, 0.1) is 0 Å². The summed E-state index contributed by atoms with van der Waals surface area (Å²) in [5.74, 6) is 0. The van der Waals surface area contributed by atoms with Gasteiger partial charge in [0.1, 0.15) is 0 Å². The summed E-state index contributed by atoms with van der Waals surface area (Å²) in [6.45, 7) is 7.65. The van der Waals surface area contributed by atoms with Gasteiger partial charge in [0, 0.05) is 0 Å². The summed E-state index contributed by atoms with van der Waals surface area (Å²) in [5, 5.41) is 2.53. The van der Waals surface area contributed by atoms with Crippen LogP contribution in [0.25, 0.3) is 24.3 Å². The first-order valence-electron chi connectivity index (χ1n) is 5.11. The number of hydrogen-bond donors (Lipinski definition) is 0. The molecule has 15 heavy (non-hydrogen) atoms. The van der Waals surface area contributed by atoms with Crippen LogP contribution in [0.3, 0.4) is 0 Å². The molecule has 0 aromatic heterocycles. The number of benzene rings is 1. The molecule has 0 atom stereocenters. The minimum absolute atomic E-state index is 0.994. The molecule has 74 valence electrons. The Labute approximate surface area is 90.3 Å². The van der Waals surface area contributed by atoms with Crippen molar-refractivity contribution in [1.82, 2.24) is 0 Å². The lowest BCUT2D eigenvalue weighted by atomic mass is 10.0. The van der Waals surface area contributed by atoms with Gasteiger partial charge in [-0.2, -0.15) is 0 Å². The van der Waals surface area contributed by atoms with Crippen LogP contribution in [0.1, 0.15) is 17.5 Å². The van der Waals surface area contributed by atoms with Gasteiger partial charge in [-0.25, -0.2) is 0 Å². The molecule has 0 radical (unpaired) electrons. The van der Waals surface area contributed by atoms with Crippen LogP contribution in [-0.2, 0) is 0 Å². The molecule has 1 aliphatic carbocycles. The van der Waals surface area contributed by atoms with E-state index < -0.39 is 0 Å². The molecule has 1 aromatic carbocycles. The van der Waals surface area contributed by atoms with E-state index in [0.29, 0.717) is 0 Å². The van der Waals surface area contributed by atoms with Crippen LogP contribution < -0.4 is 10.4 Å². The van der Waals surface area contributed by atoms with E-state index in [-0.39, 0.29) is 0 Å². The highest BCUT2D eigenvalue weighted by molar-refractivity contribution is 5.65. The monoisotopic (exact) mass is 194 g/mol. The molecule has 0 aliphatic heterocycles. The molecule has 0 saturated heterocycles. The molecule has 0 nitrogen and oxygen atoms in total. The lowest BCUT2D eigenvalue weighted by Gasteiger charge is -2.01. The van der Waals surface area contributed by atoms with Gasteiger partial charge in [-0.1, -0.05) is 49.6 Å². The zero-order valence-electron chi connectivity index (χ0n) is 8.74. The fourth-order valence-electron chi connectivity index (χ4n) is 1.79. The summed E-state index contributed by atoms with van der Waals surface area (Å²) in [6.07, 6.45) is 13.4. The van der Waals surface area contributed by atoms with Gasteiger partial charge in [-0.15, -0.1) is 0 Å². The van der Waals surface area contributed by atoms with E-state index in [9.17, 15) is 0 Å². The molecule has 1 aliphatic rings. The van der Waals surface area contributed by atoms with Crippen molar-refractivity contribution in [3.8, 4) is 0 Å². The van der Waals surface area contributed by atoms with Gasteiger partial charge >= 0.3 is 0 Å². The van der Waals surface area contributed by atoms with E-state index >= 15 is 0 Å².